The van der Waals surface area contributed by atoms with Gasteiger partial charge in [0.1, 0.15) is 5.82 Å². The first kappa shape index (κ1) is 22.8. The number of carbonyl (C=O) groups excluding carboxylic acids is 1. The monoisotopic (exact) mass is 496 g/mol. The van der Waals surface area contributed by atoms with Crippen LogP contribution in [0.2, 0.25) is 0 Å². The first-order valence-corrected chi connectivity index (χ1v) is 12.0. The number of carbonyl (C=O) groups is 1. The molecule has 186 valence electrons. The third-order valence-corrected chi connectivity index (χ3v) is 6.95. The molecule has 2 N–H and O–H groups in total. The minimum absolute atomic E-state index is 0.137. The highest BCUT2D eigenvalue weighted by Crippen LogP contribution is 2.37. The highest BCUT2D eigenvalue weighted by atomic mass is 19.1. The number of H-pyrrole nitrogens is 1. The van der Waals surface area contributed by atoms with Gasteiger partial charge in [-0.25, -0.2) is 4.39 Å². The summed E-state index contributed by atoms with van der Waals surface area (Å²) >= 11 is 0. The number of aromatic amines is 1. The lowest BCUT2D eigenvalue weighted by Gasteiger charge is -2.27. The van der Waals surface area contributed by atoms with Gasteiger partial charge in [0.2, 0.25) is 5.91 Å². The van der Waals surface area contributed by atoms with E-state index in [0.29, 0.717) is 29.2 Å². The van der Waals surface area contributed by atoms with Crippen LogP contribution in [0.25, 0.3) is 22.9 Å². The first-order valence-electron chi connectivity index (χ1n) is 12.0. The van der Waals surface area contributed by atoms with E-state index in [4.69, 9.17) is 0 Å². The average Bonchev–Trinajstić information content (AvgIpc) is 3.28. The van der Waals surface area contributed by atoms with Crippen molar-refractivity contribution in [3.8, 4) is 11.1 Å². The third-order valence-electron chi connectivity index (χ3n) is 6.95. The zero-order valence-electron chi connectivity index (χ0n) is 20.7. The molecule has 37 heavy (non-hydrogen) atoms. The SMILES string of the molecule is Cc1cc(CC(=O)NC2=c3ccc4c5c([nH]c(=O)c-5c3N(C)C=C2)=CCN4c2ccc(F)cc2)nn1C. The maximum absolute atomic E-state index is 13.6. The van der Waals surface area contributed by atoms with E-state index in [0.717, 1.165) is 33.2 Å². The Labute approximate surface area is 212 Å². The third kappa shape index (κ3) is 3.79. The fourth-order valence-electron chi connectivity index (χ4n) is 5.09. The molecule has 1 aliphatic carbocycles. The molecule has 4 heterocycles. The summed E-state index contributed by atoms with van der Waals surface area (Å²) in [5, 5.41) is 8.89. The molecule has 1 amide bonds. The molecule has 8 nitrogen and oxygen atoms in total. The number of nitrogens with zero attached hydrogens (tertiary/aromatic N) is 4. The van der Waals surface area contributed by atoms with Gasteiger partial charge in [-0.15, -0.1) is 0 Å². The van der Waals surface area contributed by atoms with Crippen LogP contribution >= 0.6 is 0 Å². The number of aromatic nitrogens is 3. The summed E-state index contributed by atoms with van der Waals surface area (Å²) in [5.41, 5.74) is 5.74. The molecule has 6 rings (SSSR count). The van der Waals surface area contributed by atoms with Crippen LogP contribution in [0.15, 0.2) is 59.5 Å². The van der Waals surface area contributed by atoms with Crippen LogP contribution < -0.4 is 31.2 Å². The van der Waals surface area contributed by atoms with Crippen molar-refractivity contribution in [1.29, 1.82) is 0 Å². The molecule has 2 aromatic rings. The van der Waals surface area contributed by atoms with Crippen molar-refractivity contribution < 1.29 is 9.18 Å². The van der Waals surface area contributed by atoms with Crippen molar-refractivity contribution >= 4 is 34.7 Å². The van der Waals surface area contributed by atoms with Crippen molar-refractivity contribution in [2.45, 2.75) is 13.3 Å². The molecule has 0 bridgehead atoms. The van der Waals surface area contributed by atoms with Crippen LogP contribution in [0, 0.1) is 12.7 Å². The molecule has 0 spiro atoms. The van der Waals surface area contributed by atoms with Crippen LogP contribution in [0.4, 0.5) is 21.5 Å². The van der Waals surface area contributed by atoms with E-state index in [1.54, 1.807) is 16.8 Å². The summed E-state index contributed by atoms with van der Waals surface area (Å²) in [7, 11) is 3.72. The van der Waals surface area contributed by atoms with Crippen LogP contribution in [-0.4, -0.2) is 34.3 Å². The Morgan fingerprint density at radius 3 is 2.65 bits per heavy atom. The zero-order valence-corrected chi connectivity index (χ0v) is 20.7. The summed E-state index contributed by atoms with van der Waals surface area (Å²) in [4.78, 5) is 33.2. The lowest BCUT2D eigenvalue weighted by molar-refractivity contribution is -0.119. The van der Waals surface area contributed by atoms with Crippen LogP contribution in [0.5, 0.6) is 0 Å². The van der Waals surface area contributed by atoms with Gasteiger partial charge in [-0.2, -0.15) is 5.10 Å². The fraction of sp³-hybridized carbons (Fsp3) is 0.179. The molecule has 0 fully saturated rings. The molecule has 1 aromatic carbocycles. The number of rotatable bonds is 4. The highest BCUT2D eigenvalue weighted by molar-refractivity contribution is 5.95. The summed E-state index contributed by atoms with van der Waals surface area (Å²) in [6, 6.07) is 12.1. The van der Waals surface area contributed by atoms with Crippen molar-refractivity contribution in [3.63, 3.8) is 0 Å². The van der Waals surface area contributed by atoms with Gasteiger partial charge in [0.05, 0.1) is 34.8 Å². The Morgan fingerprint density at radius 2 is 1.92 bits per heavy atom. The van der Waals surface area contributed by atoms with E-state index in [1.807, 2.05) is 67.4 Å². The van der Waals surface area contributed by atoms with Crippen molar-refractivity contribution in [1.82, 2.24) is 20.1 Å². The van der Waals surface area contributed by atoms with Crippen molar-refractivity contribution in [2.24, 2.45) is 7.05 Å². The molecule has 0 atom stereocenters. The van der Waals surface area contributed by atoms with Gasteiger partial charge in [-0.05, 0) is 61.5 Å². The molecule has 4 aliphatic rings. The number of fused-ring (bicyclic) bond motifs is 2. The maximum Gasteiger partial charge on any atom is 0.258 e. The van der Waals surface area contributed by atoms with Gasteiger partial charge >= 0.3 is 0 Å². The number of aryl methyl sites for hydroxylation is 2. The summed E-state index contributed by atoms with van der Waals surface area (Å²) in [6.45, 7) is 2.46. The van der Waals surface area contributed by atoms with E-state index in [-0.39, 0.29) is 23.7 Å². The molecule has 0 saturated carbocycles. The number of benzene rings is 1. The number of anilines is 3. The van der Waals surface area contributed by atoms with Gasteiger partial charge < -0.3 is 20.1 Å². The van der Waals surface area contributed by atoms with E-state index in [2.05, 4.69) is 15.4 Å². The van der Waals surface area contributed by atoms with Gasteiger partial charge in [-0.1, -0.05) is 0 Å². The molecule has 1 aromatic heterocycles. The Hall–Kier alpha value is -4.66. The molecular formula is C28H25FN6O2. The van der Waals surface area contributed by atoms with E-state index < -0.39 is 0 Å². The summed E-state index contributed by atoms with van der Waals surface area (Å²) < 4.78 is 15.3. The molecular weight excluding hydrogens is 471 g/mol. The van der Waals surface area contributed by atoms with Gasteiger partial charge in [0.15, 0.2) is 0 Å². The number of hydrogen-bond donors (Lipinski definition) is 2. The molecule has 3 aliphatic heterocycles. The summed E-state index contributed by atoms with van der Waals surface area (Å²) in [5.74, 6) is -0.504. The van der Waals surface area contributed by atoms with Crippen LogP contribution in [0.1, 0.15) is 11.4 Å². The maximum atomic E-state index is 13.6. The first-order chi connectivity index (χ1) is 17.8. The van der Waals surface area contributed by atoms with Crippen LogP contribution in [0.3, 0.4) is 0 Å². The lowest BCUT2D eigenvalue weighted by Crippen LogP contribution is -2.33. The lowest BCUT2D eigenvalue weighted by atomic mass is 10.0. The highest BCUT2D eigenvalue weighted by Gasteiger charge is 2.28. The Bertz CT molecular complexity index is 1730. The number of halogens is 1. The predicted octanol–water partition coefficient (Wildman–Crippen LogP) is 2.02. The summed E-state index contributed by atoms with van der Waals surface area (Å²) in [6.07, 6.45) is 5.77. The number of nitrogens with one attached hydrogen (secondary N) is 2. The van der Waals surface area contributed by atoms with E-state index >= 15 is 0 Å². The molecule has 0 saturated heterocycles. The van der Waals surface area contributed by atoms with Crippen molar-refractivity contribution in [3.05, 3.63) is 92.9 Å². The molecule has 9 heteroatoms. The van der Waals surface area contributed by atoms with Crippen LogP contribution in [-0.2, 0) is 18.3 Å². The molecule has 0 unspecified atom stereocenters. The largest absolute Gasteiger partial charge is 0.350 e. The number of amides is 1. The topological polar surface area (TPSA) is 86.3 Å². The minimum Gasteiger partial charge on any atom is -0.350 e. The Balaban J connectivity index is 1.50. The molecule has 0 radical (unpaired) electrons. The second-order valence-electron chi connectivity index (χ2n) is 9.36. The quantitative estimate of drug-likeness (QED) is 0.452. The standard InChI is InChI=1S/C28H25FN6O2/c1-16-14-18(32-34(16)3)15-24(36)30-21-10-12-33(2)27-20(21)8-9-23-25-22(31-28(37)26(25)27)11-13-35(23)19-6-4-17(29)5-7-19/h4-12,14H,13,15H2,1-3H3,(H,30,36)(H,31,37). The fourth-order valence-corrected chi connectivity index (χ4v) is 5.09. The smallest absolute Gasteiger partial charge is 0.258 e. The van der Waals surface area contributed by atoms with Gasteiger partial charge in [0, 0.05) is 54.4 Å². The zero-order chi connectivity index (χ0) is 25.8. The number of hydrogen-bond acceptors (Lipinski definition) is 5. The van der Waals surface area contributed by atoms with E-state index in [9.17, 15) is 14.0 Å². The van der Waals surface area contributed by atoms with E-state index in [1.165, 1.54) is 12.1 Å². The second kappa shape index (κ2) is 8.48. The van der Waals surface area contributed by atoms with Crippen molar-refractivity contribution in [2.75, 3.05) is 23.4 Å². The Kier molecular flexibility index (Phi) is 5.22. The minimum atomic E-state index is -0.309. The predicted molar refractivity (Wildman–Crippen MR) is 142 cm³/mol. The van der Waals surface area contributed by atoms with Gasteiger partial charge in [0.25, 0.3) is 5.56 Å². The average molecular weight is 497 g/mol. The second-order valence-corrected chi connectivity index (χ2v) is 9.36. The normalized spacial score (nSPS) is 14.1. The van der Waals surface area contributed by atoms with Gasteiger partial charge in [-0.3, -0.25) is 14.3 Å². The Morgan fingerprint density at radius 1 is 1.14 bits per heavy atom.